The summed E-state index contributed by atoms with van der Waals surface area (Å²) in [4.78, 5) is 13.2. The van der Waals surface area contributed by atoms with Crippen molar-refractivity contribution >= 4 is 26.6 Å². The van der Waals surface area contributed by atoms with E-state index in [9.17, 15) is 17.6 Å². The number of para-hydroxylation sites is 1. The monoisotopic (exact) mass is 498 g/mol. The number of carbonyl (C=O) groups is 1. The lowest BCUT2D eigenvalue weighted by atomic mass is 9.98. The first kappa shape index (κ1) is 25.4. The number of nitrogens with zero attached hydrogens (tertiary/aromatic N) is 1. The smallest absolute Gasteiger partial charge is 0.240 e. The van der Waals surface area contributed by atoms with E-state index in [4.69, 9.17) is 0 Å². The van der Waals surface area contributed by atoms with Crippen LogP contribution in [0.15, 0.2) is 64.5 Å². The Morgan fingerprint density at radius 2 is 1.43 bits per heavy atom. The zero-order valence-electron chi connectivity index (χ0n) is 20.2. The van der Waals surface area contributed by atoms with E-state index in [2.05, 4.69) is 5.32 Å². The number of sulfone groups is 1. The topological polar surface area (TPSA) is 68.2 Å². The molecule has 3 aromatic rings. The SMILES string of the molecule is O=C(Cn1cc(S(=O)(=O)c2ccc(F)cc2)c2ccccc21)NC1CCCCCCCCCCC1. The highest BCUT2D eigenvalue weighted by Gasteiger charge is 2.24. The van der Waals surface area contributed by atoms with Crippen LogP contribution in [0.1, 0.15) is 70.6 Å². The third kappa shape index (κ3) is 6.51. The molecule has 0 atom stereocenters. The molecule has 1 amide bonds. The minimum Gasteiger partial charge on any atom is -0.352 e. The largest absolute Gasteiger partial charge is 0.352 e. The average molecular weight is 499 g/mol. The van der Waals surface area contributed by atoms with Crippen LogP contribution in [0.2, 0.25) is 0 Å². The Morgan fingerprint density at radius 3 is 2.06 bits per heavy atom. The number of carbonyl (C=O) groups excluding carboxylic acids is 1. The summed E-state index contributed by atoms with van der Waals surface area (Å²) in [5.74, 6) is -0.594. The highest BCUT2D eigenvalue weighted by atomic mass is 32.2. The molecule has 4 rings (SSSR count). The molecule has 0 bridgehead atoms. The standard InChI is InChI=1S/C28H35FN2O3S/c29-22-16-18-24(19-17-22)35(33,34)27-20-31(26-15-11-10-14-25(26)27)21-28(32)30-23-12-8-6-4-2-1-3-5-7-9-13-23/h10-11,14-20,23H,1-9,12-13,21H2,(H,30,32). The molecule has 35 heavy (non-hydrogen) atoms. The first-order valence-electron chi connectivity index (χ1n) is 12.8. The summed E-state index contributed by atoms with van der Waals surface area (Å²) in [5, 5.41) is 3.77. The van der Waals surface area contributed by atoms with Gasteiger partial charge in [0.05, 0.1) is 9.79 Å². The van der Waals surface area contributed by atoms with E-state index in [1.54, 1.807) is 16.7 Å². The van der Waals surface area contributed by atoms with Gasteiger partial charge >= 0.3 is 0 Å². The molecule has 1 N–H and O–H groups in total. The zero-order valence-corrected chi connectivity index (χ0v) is 21.0. The molecule has 188 valence electrons. The molecule has 1 aliphatic carbocycles. The molecule has 1 fully saturated rings. The van der Waals surface area contributed by atoms with E-state index in [1.165, 1.54) is 63.3 Å². The lowest BCUT2D eigenvalue weighted by Crippen LogP contribution is -2.37. The van der Waals surface area contributed by atoms with E-state index in [-0.39, 0.29) is 28.3 Å². The summed E-state index contributed by atoms with van der Waals surface area (Å²) in [6.07, 6.45) is 14.6. The van der Waals surface area contributed by atoms with Crippen LogP contribution in [0.3, 0.4) is 0 Å². The van der Waals surface area contributed by atoms with Crippen molar-refractivity contribution in [3.8, 4) is 0 Å². The van der Waals surface area contributed by atoms with Gasteiger partial charge in [0, 0.05) is 23.1 Å². The summed E-state index contributed by atoms with van der Waals surface area (Å²) in [6, 6.07) is 12.2. The van der Waals surface area contributed by atoms with Crippen LogP contribution < -0.4 is 5.32 Å². The highest BCUT2D eigenvalue weighted by Crippen LogP contribution is 2.30. The molecule has 1 saturated carbocycles. The first-order chi connectivity index (χ1) is 16.9. The number of hydrogen-bond acceptors (Lipinski definition) is 3. The van der Waals surface area contributed by atoms with Gasteiger partial charge in [-0.3, -0.25) is 4.79 Å². The van der Waals surface area contributed by atoms with Crippen molar-refractivity contribution < 1.29 is 17.6 Å². The number of rotatable bonds is 5. The van der Waals surface area contributed by atoms with Crippen LogP contribution >= 0.6 is 0 Å². The van der Waals surface area contributed by atoms with E-state index >= 15 is 0 Å². The van der Waals surface area contributed by atoms with Crippen molar-refractivity contribution in [1.82, 2.24) is 9.88 Å². The van der Waals surface area contributed by atoms with Gasteiger partial charge < -0.3 is 9.88 Å². The van der Waals surface area contributed by atoms with Crippen LogP contribution in [0.25, 0.3) is 10.9 Å². The molecule has 0 radical (unpaired) electrons. The minimum atomic E-state index is -3.87. The predicted molar refractivity (Wildman–Crippen MR) is 137 cm³/mol. The van der Waals surface area contributed by atoms with Crippen molar-refractivity contribution in [3.63, 3.8) is 0 Å². The first-order valence-corrected chi connectivity index (χ1v) is 14.3. The second kappa shape index (κ2) is 11.8. The van der Waals surface area contributed by atoms with E-state index in [0.29, 0.717) is 10.9 Å². The van der Waals surface area contributed by atoms with Crippen LogP contribution in [-0.4, -0.2) is 24.9 Å². The lowest BCUT2D eigenvalue weighted by Gasteiger charge is -2.20. The Kier molecular flexibility index (Phi) is 8.60. The number of hydrogen-bond donors (Lipinski definition) is 1. The Labute approximate surface area is 207 Å². The molecule has 5 nitrogen and oxygen atoms in total. The third-order valence-electron chi connectivity index (χ3n) is 6.95. The van der Waals surface area contributed by atoms with Gasteiger partial charge in [0.2, 0.25) is 15.7 Å². The predicted octanol–water partition coefficient (Wildman–Crippen LogP) is 6.40. The average Bonchev–Trinajstić information content (AvgIpc) is 3.20. The lowest BCUT2D eigenvalue weighted by molar-refractivity contribution is -0.122. The van der Waals surface area contributed by atoms with Crippen molar-refractivity contribution in [2.24, 2.45) is 0 Å². The van der Waals surface area contributed by atoms with Crippen LogP contribution in [0, 0.1) is 5.82 Å². The van der Waals surface area contributed by atoms with Gasteiger partial charge in [-0.2, -0.15) is 0 Å². The molecule has 7 heteroatoms. The van der Waals surface area contributed by atoms with Crippen molar-refractivity contribution in [2.45, 2.75) is 93.0 Å². The highest BCUT2D eigenvalue weighted by molar-refractivity contribution is 7.91. The van der Waals surface area contributed by atoms with E-state index < -0.39 is 15.7 Å². The quantitative estimate of drug-likeness (QED) is 0.414. The van der Waals surface area contributed by atoms with Gasteiger partial charge in [-0.15, -0.1) is 0 Å². The maximum absolute atomic E-state index is 13.4. The number of halogens is 1. The van der Waals surface area contributed by atoms with E-state index in [1.807, 2.05) is 12.1 Å². The number of fused-ring (bicyclic) bond motifs is 1. The molecular formula is C28H35FN2O3S. The molecular weight excluding hydrogens is 463 g/mol. The fourth-order valence-corrected chi connectivity index (χ4v) is 6.51. The van der Waals surface area contributed by atoms with E-state index in [0.717, 1.165) is 37.8 Å². The van der Waals surface area contributed by atoms with Crippen LogP contribution in [0.5, 0.6) is 0 Å². The number of nitrogens with one attached hydrogen (secondary N) is 1. The Balaban J connectivity index is 1.52. The van der Waals surface area contributed by atoms with Gasteiger partial charge in [-0.05, 0) is 43.2 Å². The third-order valence-corrected chi connectivity index (χ3v) is 8.75. The molecule has 1 aromatic heterocycles. The maximum Gasteiger partial charge on any atom is 0.240 e. The number of amides is 1. The molecule has 1 aliphatic rings. The van der Waals surface area contributed by atoms with Crippen molar-refractivity contribution in [1.29, 1.82) is 0 Å². The normalized spacial score (nSPS) is 16.9. The molecule has 0 aliphatic heterocycles. The molecule has 2 aromatic carbocycles. The maximum atomic E-state index is 13.4. The zero-order chi connectivity index (χ0) is 24.7. The van der Waals surface area contributed by atoms with Gasteiger partial charge in [-0.25, -0.2) is 12.8 Å². The fourth-order valence-electron chi connectivity index (χ4n) is 5.03. The van der Waals surface area contributed by atoms with Crippen molar-refractivity contribution in [3.05, 3.63) is 60.5 Å². The van der Waals surface area contributed by atoms with Gasteiger partial charge in [0.15, 0.2) is 0 Å². The number of benzene rings is 2. The second-order valence-electron chi connectivity index (χ2n) is 9.62. The minimum absolute atomic E-state index is 0.0273. The van der Waals surface area contributed by atoms with Crippen LogP contribution in [0.4, 0.5) is 4.39 Å². The van der Waals surface area contributed by atoms with Gasteiger partial charge in [-0.1, -0.05) is 76.0 Å². The van der Waals surface area contributed by atoms with Crippen molar-refractivity contribution in [2.75, 3.05) is 0 Å². The summed E-state index contributed by atoms with van der Waals surface area (Å²) >= 11 is 0. The molecule has 0 spiro atoms. The summed E-state index contributed by atoms with van der Waals surface area (Å²) in [7, 11) is -3.87. The summed E-state index contributed by atoms with van der Waals surface area (Å²) in [6.45, 7) is 0.0515. The molecule has 0 saturated heterocycles. The summed E-state index contributed by atoms with van der Waals surface area (Å²) < 4.78 is 41.7. The fraction of sp³-hybridized carbons (Fsp3) is 0.464. The van der Waals surface area contributed by atoms with Gasteiger partial charge in [0.1, 0.15) is 12.4 Å². The Bertz CT molecular complexity index is 1220. The second-order valence-corrected chi connectivity index (χ2v) is 11.5. The molecule has 0 unspecified atom stereocenters. The Hall–Kier alpha value is -2.67. The Morgan fingerprint density at radius 1 is 0.857 bits per heavy atom. The van der Waals surface area contributed by atoms with Crippen LogP contribution in [-0.2, 0) is 21.2 Å². The molecule has 1 heterocycles. The van der Waals surface area contributed by atoms with Gasteiger partial charge in [0.25, 0.3) is 0 Å². The summed E-state index contributed by atoms with van der Waals surface area (Å²) in [5.41, 5.74) is 0.682. The number of aromatic nitrogens is 1.